The quantitative estimate of drug-likeness (QED) is 0.818. The van der Waals surface area contributed by atoms with Gasteiger partial charge < -0.3 is 18.9 Å². The van der Waals surface area contributed by atoms with E-state index in [4.69, 9.17) is 18.9 Å². The van der Waals surface area contributed by atoms with E-state index in [1.54, 1.807) is 14.2 Å². The largest absolute Gasteiger partial charge is 0.495 e. The van der Waals surface area contributed by atoms with Gasteiger partial charge in [-0.2, -0.15) is 0 Å². The van der Waals surface area contributed by atoms with E-state index in [0.29, 0.717) is 0 Å². The van der Waals surface area contributed by atoms with Crippen LogP contribution in [0.5, 0.6) is 10.8 Å². The Hall–Kier alpha value is -0.780. The van der Waals surface area contributed by atoms with Gasteiger partial charge in [0.05, 0.1) is 27.4 Å². The summed E-state index contributed by atoms with van der Waals surface area (Å²) in [4.78, 5) is 0.955. The minimum absolute atomic E-state index is 0.309. The summed E-state index contributed by atoms with van der Waals surface area (Å²) in [7, 11) is 3.31. The fraction of sp³-hybridized carbons (Fsp3) is 0.636. The first kappa shape index (κ1) is 11.7. The minimum atomic E-state index is -0.309. The van der Waals surface area contributed by atoms with E-state index in [2.05, 4.69) is 0 Å². The standard InChI is InChI=1S/C11H16O4S/c1-7-8(12-2)9(16-11(7)13-3)10-14-5-4-6-15-10/h10H,4-6H2,1-3H3. The highest BCUT2D eigenvalue weighted by Crippen LogP contribution is 2.45. The zero-order valence-electron chi connectivity index (χ0n) is 9.74. The molecule has 5 heteroatoms. The van der Waals surface area contributed by atoms with Gasteiger partial charge in [0.15, 0.2) is 11.4 Å². The molecular formula is C11H16O4S. The first-order valence-corrected chi connectivity index (χ1v) is 6.04. The summed E-state index contributed by atoms with van der Waals surface area (Å²) in [5.74, 6) is 0.814. The van der Waals surface area contributed by atoms with Gasteiger partial charge in [0.25, 0.3) is 0 Å². The molecule has 0 spiro atoms. The van der Waals surface area contributed by atoms with E-state index in [-0.39, 0.29) is 6.29 Å². The van der Waals surface area contributed by atoms with Gasteiger partial charge in [-0.3, -0.25) is 0 Å². The molecule has 0 amide bonds. The average Bonchev–Trinajstić information content (AvgIpc) is 2.66. The summed E-state index contributed by atoms with van der Waals surface area (Å²) in [6.45, 7) is 3.43. The molecule has 0 unspecified atom stereocenters. The molecule has 0 radical (unpaired) electrons. The topological polar surface area (TPSA) is 36.9 Å². The molecule has 2 heterocycles. The third-order valence-corrected chi connectivity index (χ3v) is 3.76. The molecule has 1 saturated heterocycles. The molecule has 1 aromatic rings. The Morgan fingerprint density at radius 2 is 1.88 bits per heavy atom. The Balaban J connectivity index is 2.31. The van der Waals surface area contributed by atoms with Crippen LogP contribution in [0.15, 0.2) is 0 Å². The van der Waals surface area contributed by atoms with Crippen LogP contribution >= 0.6 is 11.3 Å². The molecule has 90 valence electrons. The van der Waals surface area contributed by atoms with Crippen molar-refractivity contribution in [3.8, 4) is 10.8 Å². The van der Waals surface area contributed by atoms with E-state index >= 15 is 0 Å². The van der Waals surface area contributed by atoms with E-state index in [1.807, 2.05) is 6.92 Å². The zero-order chi connectivity index (χ0) is 11.5. The van der Waals surface area contributed by atoms with Crippen molar-refractivity contribution < 1.29 is 18.9 Å². The van der Waals surface area contributed by atoms with Crippen molar-refractivity contribution in [1.29, 1.82) is 0 Å². The summed E-state index contributed by atoms with van der Waals surface area (Å²) < 4.78 is 21.8. The van der Waals surface area contributed by atoms with Gasteiger partial charge in [-0.05, 0) is 13.3 Å². The zero-order valence-corrected chi connectivity index (χ0v) is 10.6. The summed E-state index contributed by atoms with van der Waals surface area (Å²) in [5.41, 5.74) is 1.00. The maximum Gasteiger partial charge on any atom is 0.196 e. The van der Waals surface area contributed by atoms with Crippen LogP contribution in [0.4, 0.5) is 0 Å². The molecule has 1 aromatic heterocycles. The predicted octanol–water partition coefficient (Wildman–Crippen LogP) is 2.51. The second kappa shape index (κ2) is 5.03. The summed E-state index contributed by atoms with van der Waals surface area (Å²) in [6.07, 6.45) is 0.636. The fourth-order valence-corrected chi connectivity index (χ4v) is 2.83. The Bertz CT molecular complexity index is 355. The Morgan fingerprint density at radius 1 is 1.19 bits per heavy atom. The summed E-state index contributed by atoms with van der Waals surface area (Å²) >= 11 is 1.52. The number of rotatable bonds is 3. The lowest BCUT2D eigenvalue weighted by molar-refractivity contribution is -0.181. The first-order valence-electron chi connectivity index (χ1n) is 5.22. The van der Waals surface area contributed by atoms with Crippen LogP contribution in [-0.2, 0) is 9.47 Å². The highest BCUT2D eigenvalue weighted by molar-refractivity contribution is 7.14. The summed E-state index contributed by atoms with van der Waals surface area (Å²) in [6, 6.07) is 0. The Kier molecular flexibility index (Phi) is 3.68. The smallest absolute Gasteiger partial charge is 0.196 e. The van der Waals surface area contributed by atoms with Crippen LogP contribution in [0.1, 0.15) is 23.2 Å². The first-order chi connectivity index (χ1) is 7.77. The molecule has 0 aliphatic carbocycles. The number of ether oxygens (including phenoxy) is 4. The average molecular weight is 244 g/mol. The Morgan fingerprint density at radius 3 is 2.44 bits per heavy atom. The molecule has 0 N–H and O–H groups in total. The van der Waals surface area contributed by atoms with Crippen molar-refractivity contribution in [3.63, 3.8) is 0 Å². The SMILES string of the molecule is COc1sc(C2OCCCO2)c(OC)c1C. The van der Waals surface area contributed by atoms with Crippen molar-refractivity contribution in [2.75, 3.05) is 27.4 Å². The third kappa shape index (κ3) is 2.03. The van der Waals surface area contributed by atoms with Crippen molar-refractivity contribution in [3.05, 3.63) is 10.4 Å². The summed E-state index contributed by atoms with van der Waals surface area (Å²) in [5, 5.41) is 0.852. The third-order valence-electron chi connectivity index (χ3n) is 2.50. The van der Waals surface area contributed by atoms with Gasteiger partial charge in [-0.15, -0.1) is 0 Å². The number of methoxy groups -OCH3 is 2. The van der Waals surface area contributed by atoms with Gasteiger partial charge in [0.1, 0.15) is 10.6 Å². The van der Waals surface area contributed by atoms with E-state index in [0.717, 1.165) is 40.9 Å². The number of thiophene rings is 1. The van der Waals surface area contributed by atoms with Crippen LogP contribution in [0.3, 0.4) is 0 Å². The molecule has 16 heavy (non-hydrogen) atoms. The fourth-order valence-electron chi connectivity index (χ4n) is 1.74. The van der Waals surface area contributed by atoms with E-state index in [9.17, 15) is 0 Å². The molecule has 0 atom stereocenters. The van der Waals surface area contributed by atoms with Crippen LogP contribution in [0.25, 0.3) is 0 Å². The molecular weight excluding hydrogens is 228 g/mol. The normalized spacial score (nSPS) is 17.4. The van der Waals surface area contributed by atoms with Gasteiger partial charge in [0.2, 0.25) is 0 Å². The molecule has 1 aliphatic heterocycles. The van der Waals surface area contributed by atoms with Crippen molar-refractivity contribution in [2.45, 2.75) is 19.6 Å². The lowest BCUT2D eigenvalue weighted by atomic mass is 10.3. The predicted molar refractivity (Wildman–Crippen MR) is 61.4 cm³/mol. The molecule has 1 aliphatic rings. The van der Waals surface area contributed by atoms with Crippen LogP contribution in [0, 0.1) is 6.92 Å². The maximum atomic E-state index is 5.57. The molecule has 4 nitrogen and oxygen atoms in total. The van der Waals surface area contributed by atoms with Crippen molar-refractivity contribution in [2.24, 2.45) is 0 Å². The molecule has 0 bridgehead atoms. The van der Waals surface area contributed by atoms with Crippen LogP contribution in [0.2, 0.25) is 0 Å². The number of hydrogen-bond donors (Lipinski definition) is 0. The molecule has 2 rings (SSSR count). The molecule has 1 fully saturated rings. The highest BCUT2D eigenvalue weighted by Gasteiger charge is 2.26. The molecule has 0 saturated carbocycles. The van der Waals surface area contributed by atoms with Crippen LogP contribution < -0.4 is 9.47 Å². The Labute approximate surface area is 99.1 Å². The van der Waals surface area contributed by atoms with Crippen LogP contribution in [-0.4, -0.2) is 27.4 Å². The van der Waals surface area contributed by atoms with Gasteiger partial charge in [-0.25, -0.2) is 0 Å². The monoisotopic (exact) mass is 244 g/mol. The minimum Gasteiger partial charge on any atom is -0.495 e. The second-order valence-corrected chi connectivity index (χ2v) is 4.56. The van der Waals surface area contributed by atoms with E-state index in [1.165, 1.54) is 11.3 Å². The lowest BCUT2D eigenvalue weighted by Gasteiger charge is -2.22. The van der Waals surface area contributed by atoms with Gasteiger partial charge >= 0.3 is 0 Å². The van der Waals surface area contributed by atoms with Gasteiger partial charge in [0, 0.05) is 5.56 Å². The number of hydrogen-bond acceptors (Lipinski definition) is 5. The molecule has 0 aromatic carbocycles. The van der Waals surface area contributed by atoms with Gasteiger partial charge in [-0.1, -0.05) is 11.3 Å². The second-order valence-electron chi connectivity index (χ2n) is 3.54. The van der Waals surface area contributed by atoms with E-state index < -0.39 is 0 Å². The van der Waals surface area contributed by atoms with Crippen molar-refractivity contribution in [1.82, 2.24) is 0 Å². The van der Waals surface area contributed by atoms with Crippen molar-refractivity contribution >= 4 is 11.3 Å². The highest BCUT2D eigenvalue weighted by atomic mass is 32.1. The maximum absolute atomic E-state index is 5.57. The lowest BCUT2D eigenvalue weighted by Crippen LogP contribution is -2.17.